The fourth-order valence-corrected chi connectivity index (χ4v) is 3.54. The molecular formula is C19H21Cl2N3O3. The zero-order valence-electron chi connectivity index (χ0n) is 14.9. The van der Waals surface area contributed by atoms with Crippen molar-refractivity contribution < 1.29 is 14.0 Å². The molecule has 3 rings (SSSR count). The van der Waals surface area contributed by atoms with E-state index in [-0.39, 0.29) is 30.4 Å². The number of nitrogens with one attached hydrogen (secondary N) is 2. The van der Waals surface area contributed by atoms with Crippen LogP contribution >= 0.6 is 23.2 Å². The summed E-state index contributed by atoms with van der Waals surface area (Å²) in [5.41, 5.74) is 0.469. The minimum Gasteiger partial charge on any atom is -0.467 e. The van der Waals surface area contributed by atoms with Crippen molar-refractivity contribution in [2.24, 2.45) is 0 Å². The number of amides is 2. The van der Waals surface area contributed by atoms with Gasteiger partial charge >= 0.3 is 0 Å². The molecule has 1 aliphatic heterocycles. The van der Waals surface area contributed by atoms with Crippen LogP contribution < -0.4 is 10.6 Å². The Morgan fingerprint density at radius 2 is 2.15 bits per heavy atom. The molecule has 6 nitrogen and oxygen atoms in total. The van der Waals surface area contributed by atoms with Crippen molar-refractivity contribution in [3.8, 4) is 0 Å². The topological polar surface area (TPSA) is 74.6 Å². The van der Waals surface area contributed by atoms with Crippen LogP contribution in [0.25, 0.3) is 0 Å². The van der Waals surface area contributed by atoms with Gasteiger partial charge in [0, 0.05) is 5.02 Å². The standard InChI is InChI=1S/C19H21Cl2N3O3/c1-12(17-5-3-9-27-17)22-18(25)11-24-8-2-4-16(24)19(26)23-15-10-13(20)6-7-14(15)21/h3,5-7,9-10,12,16H,2,4,8,11H2,1H3,(H,22,25)(H,23,26)/t12-,16+/m0/s1. The van der Waals surface area contributed by atoms with Crippen LogP contribution in [0.5, 0.6) is 0 Å². The van der Waals surface area contributed by atoms with Gasteiger partial charge in [-0.3, -0.25) is 14.5 Å². The summed E-state index contributed by atoms with van der Waals surface area (Å²) in [6, 6.07) is 7.88. The Balaban J connectivity index is 1.58. The number of benzene rings is 1. The molecule has 0 bridgehead atoms. The van der Waals surface area contributed by atoms with Gasteiger partial charge < -0.3 is 15.1 Å². The third-order valence-corrected chi connectivity index (χ3v) is 5.11. The summed E-state index contributed by atoms with van der Waals surface area (Å²) in [6.07, 6.45) is 3.10. The Bertz CT molecular complexity index is 811. The number of anilines is 1. The van der Waals surface area contributed by atoms with Gasteiger partial charge in [-0.1, -0.05) is 23.2 Å². The van der Waals surface area contributed by atoms with Gasteiger partial charge in [-0.05, 0) is 56.6 Å². The summed E-state index contributed by atoms with van der Waals surface area (Å²) in [5, 5.41) is 6.61. The first-order chi connectivity index (χ1) is 12.9. The molecular weight excluding hydrogens is 389 g/mol. The normalized spacial score (nSPS) is 18.3. The van der Waals surface area contributed by atoms with E-state index in [1.165, 1.54) is 0 Å². The van der Waals surface area contributed by atoms with Gasteiger partial charge in [0.25, 0.3) is 0 Å². The van der Waals surface area contributed by atoms with Crippen LogP contribution in [0.15, 0.2) is 41.0 Å². The maximum absolute atomic E-state index is 12.7. The van der Waals surface area contributed by atoms with Gasteiger partial charge in [-0.2, -0.15) is 0 Å². The molecule has 1 aromatic heterocycles. The fraction of sp³-hybridized carbons (Fsp3) is 0.368. The van der Waals surface area contributed by atoms with Gasteiger partial charge in [0.2, 0.25) is 11.8 Å². The van der Waals surface area contributed by atoms with Crippen molar-refractivity contribution in [2.45, 2.75) is 31.8 Å². The minimum atomic E-state index is -0.385. The smallest absolute Gasteiger partial charge is 0.241 e. The molecule has 1 aromatic carbocycles. The average Bonchev–Trinajstić information content (AvgIpc) is 3.29. The molecule has 1 fully saturated rings. The van der Waals surface area contributed by atoms with Crippen LogP contribution in [0.1, 0.15) is 31.6 Å². The van der Waals surface area contributed by atoms with Gasteiger partial charge in [-0.15, -0.1) is 0 Å². The first kappa shape index (κ1) is 19.7. The van der Waals surface area contributed by atoms with E-state index in [0.717, 1.165) is 6.42 Å². The number of halogens is 2. The summed E-state index contributed by atoms with van der Waals surface area (Å²) < 4.78 is 5.30. The monoisotopic (exact) mass is 409 g/mol. The van der Waals surface area contributed by atoms with Crippen molar-refractivity contribution in [3.05, 3.63) is 52.4 Å². The molecule has 0 spiro atoms. The van der Waals surface area contributed by atoms with E-state index in [1.54, 1.807) is 30.5 Å². The zero-order chi connectivity index (χ0) is 19.4. The van der Waals surface area contributed by atoms with E-state index < -0.39 is 0 Å². The molecule has 2 atom stereocenters. The Morgan fingerprint density at radius 3 is 2.89 bits per heavy atom. The Hall–Kier alpha value is -2.02. The van der Waals surface area contributed by atoms with Gasteiger partial charge in [-0.25, -0.2) is 0 Å². The highest BCUT2D eigenvalue weighted by molar-refractivity contribution is 6.35. The predicted octanol–water partition coefficient (Wildman–Crippen LogP) is 3.87. The summed E-state index contributed by atoms with van der Waals surface area (Å²) in [4.78, 5) is 26.9. The van der Waals surface area contributed by atoms with Crippen LogP contribution in [0.3, 0.4) is 0 Å². The lowest BCUT2D eigenvalue weighted by atomic mass is 10.2. The maximum atomic E-state index is 12.7. The van der Waals surface area contributed by atoms with E-state index in [2.05, 4.69) is 10.6 Å². The predicted molar refractivity (Wildman–Crippen MR) is 105 cm³/mol. The highest BCUT2D eigenvalue weighted by atomic mass is 35.5. The molecule has 2 amide bonds. The third kappa shape index (κ3) is 5.03. The second kappa shape index (κ2) is 8.78. The number of likely N-dealkylation sites (tertiary alicyclic amines) is 1. The molecule has 144 valence electrons. The number of hydrogen-bond donors (Lipinski definition) is 2. The third-order valence-electron chi connectivity index (χ3n) is 4.55. The van der Waals surface area contributed by atoms with Crippen LogP contribution in [-0.4, -0.2) is 35.8 Å². The highest BCUT2D eigenvalue weighted by Gasteiger charge is 2.32. The maximum Gasteiger partial charge on any atom is 0.241 e. The first-order valence-electron chi connectivity index (χ1n) is 8.77. The SMILES string of the molecule is C[C@H](NC(=O)CN1CCC[C@@H]1C(=O)Nc1cc(Cl)ccc1Cl)c1ccco1. The number of nitrogens with zero attached hydrogens (tertiary/aromatic N) is 1. The lowest BCUT2D eigenvalue weighted by molar-refractivity contribution is -0.125. The van der Waals surface area contributed by atoms with E-state index in [4.69, 9.17) is 27.6 Å². The highest BCUT2D eigenvalue weighted by Crippen LogP contribution is 2.27. The van der Waals surface area contributed by atoms with Crippen molar-refractivity contribution in [3.63, 3.8) is 0 Å². The van der Waals surface area contributed by atoms with Gasteiger partial charge in [0.05, 0.1) is 35.6 Å². The first-order valence-corrected chi connectivity index (χ1v) is 9.52. The van der Waals surface area contributed by atoms with Crippen LogP contribution in [0.4, 0.5) is 5.69 Å². The largest absolute Gasteiger partial charge is 0.467 e. The molecule has 2 heterocycles. The van der Waals surface area contributed by atoms with Gasteiger partial charge in [0.1, 0.15) is 5.76 Å². The quantitative estimate of drug-likeness (QED) is 0.759. The van der Waals surface area contributed by atoms with Crippen LogP contribution in [0.2, 0.25) is 10.0 Å². The van der Waals surface area contributed by atoms with Crippen LogP contribution in [0, 0.1) is 0 Å². The number of rotatable bonds is 6. The van der Waals surface area contributed by atoms with E-state index in [1.807, 2.05) is 17.9 Å². The molecule has 1 aliphatic rings. The molecule has 0 radical (unpaired) electrons. The Kier molecular flexibility index (Phi) is 6.42. The second-order valence-corrected chi connectivity index (χ2v) is 7.39. The summed E-state index contributed by atoms with van der Waals surface area (Å²) in [5.74, 6) is 0.345. The average molecular weight is 410 g/mol. The van der Waals surface area contributed by atoms with Crippen molar-refractivity contribution in [1.82, 2.24) is 10.2 Å². The molecule has 2 aromatic rings. The fourth-order valence-electron chi connectivity index (χ4n) is 3.20. The molecule has 1 saturated heterocycles. The number of hydrogen-bond acceptors (Lipinski definition) is 4. The Labute approximate surface area is 167 Å². The van der Waals surface area contributed by atoms with Crippen molar-refractivity contribution >= 4 is 40.7 Å². The second-order valence-electron chi connectivity index (χ2n) is 6.55. The van der Waals surface area contributed by atoms with Crippen LogP contribution in [-0.2, 0) is 9.59 Å². The molecule has 8 heteroatoms. The molecule has 27 heavy (non-hydrogen) atoms. The summed E-state index contributed by atoms with van der Waals surface area (Å²) >= 11 is 12.1. The van der Waals surface area contributed by atoms with E-state index in [9.17, 15) is 9.59 Å². The summed E-state index contributed by atoms with van der Waals surface area (Å²) in [7, 11) is 0. The zero-order valence-corrected chi connectivity index (χ0v) is 16.4. The Morgan fingerprint density at radius 1 is 1.33 bits per heavy atom. The summed E-state index contributed by atoms with van der Waals surface area (Å²) in [6.45, 7) is 2.68. The molecule has 0 saturated carbocycles. The number of furan rings is 1. The van der Waals surface area contributed by atoms with E-state index in [0.29, 0.717) is 34.5 Å². The van der Waals surface area contributed by atoms with Gasteiger partial charge in [0.15, 0.2) is 0 Å². The van der Waals surface area contributed by atoms with Crippen molar-refractivity contribution in [2.75, 3.05) is 18.4 Å². The number of carbonyl (C=O) groups is 2. The lowest BCUT2D eigenvalue weighted by Crippen LogP contribution is -2.45. The molecule has 2 N–H and O–H groups in total. The van der Waals surface area contributed by atoms with E-state index >= 15 is 0 Å². The van der Waals surface area contributed by atoms with Crippen molar-refractivity contribution in [1.29, 1.82) is 0 Å². The molecule has 0 aliphatic carbocycles. The lowest BCUT2D eigenvalue weighted by Gasteiger charge is -2.24. The molecule has 0 unspecified atom stereocenters. The minimum absolute atomic E-state index is 0.145. The number of carbonyl (C=O) groups excluding carboxylic acids is 2.